The van der Waals surface area contributed by atoms with Crippen molar-refractivity contribution in [3.8, 4) is 28.5 Å². The van der Waals surface area contributed by atoms with Gasteiger partial charge >= 0.3 is 5.69 Å². The molecule has 1 unspecified atom stereocenters. The zero-order valence-corrected chi connectivity index (χ0v) is 18.0. The highest BCUT2D eigenvalue weighted by Crippen LogP contribution is 2.31. The predicted octanol–water partition coefficient (Wildman–Crippen LogP) is 2.42. The summed E-state index contributed by atoms with van der Waals surface area (Å²) in [5.41, 5.74) is 2.60. The Labute approximate surface area is 179 Å². The van der Waals surface area contributed by atoms with Crippen LogP contribution < -0.4 is 25.4 Å². The van der Waals surface area contributed by atoms with Crippen molar-refractivity contribution in [2.24, 2.45) is 19.1 Å². The van der Waals surface area contributed by atoms with Crippen LogP contribution >= 0.6 is 0 Å². The van der Waals surface area contributed by atoms with Crippen molar-refractivity contribution in [2.75, 3.05) is 27.4 Å². The molecule has 0 amide bonds. The first-order valence-corrected chi connectivity index (χ1v) is 9.89. The molecular weight excluding hydrogens is 398 g/mol. The molecule has 0 saturated carbocycles. The lowest BCUT2D eigenvalue weighted by molar-refractivity contribution is 0.263. The number of rotatable bonds is 7. The second-order valence-electron chi connectivity index (χ2n) is 7.23. The summed E-state index contributed by atoms with van der Waals surface area (Å²) in [5.74, 6) is 1.97. The molecule has 0 N–H and O–H groups in total. The highest BCUT2D eigenvalue weighted by atomic mass is 16.6. The Bertz CT molecular complexity index is 1210. The van der Waals surface area contributed by atoms with E-state index in [4.69, 9.17) is 18.9 Å². The van der Waals surface area contributed by atoms with Crippen LogP contribution in [0.2, 0.25) is 0 Å². The highest BCUT2D eigenvalue weighted by molar-refractivity contribution is 5.64. The van der Waals surface area contributed by atoms with Crippen molar-refractivity contribution in [3.05, 3.63) is 64.5 Å². The topological polar surface area (TPSA) is 79.5 Å². The van der Waals surface area contributed by atoms with E-state index < -0.39 is 0 Å². The summed E-state index contributed by atoms with van der Waals surface area (Å²) < 4.78 is 24.6. The van der Waals surface area contributed by atoms with Gasteiger partial charge in [0.15, 0.2) is 11.5 Å². The van der Waals surface area contributed by atoms with Crippen LogP contribution in [0.3, 0.4) is 0 Å². The molecule has 0 aliphatic carbocycles. The average molecular weight is 423 g/mol. The summed E-state index contributed by atoms with van der Waals surface area (Å²) in [5, 5.41) is 0. The van der Waals surface area contributed by atoms with Gasteiger partial charge in [0.2, 0.25) is 0 Å². The first kappa shape index (κ1) is 20.7. The molecule has 1 saturated heterocycles. The molecule has 1 aromatic heterocycles. The van der Waals surface area contributed by atoms with E-state index in [9.17, 15) is 4.79 Å². The molecule has 2 heterocycles. The van der Waals surface area contributed by atoms with Gasteiger partial charge in [-0.3, -0.25) is 9.13 Å². The summed E-state index contributed by atoms with van der Waals surface area (Å²) in [4.78, 5) is 17.5. The maximum atomic E-state index is 12.8. The monoisotopic (exact) mass is 423 g/mol. The first-order chi connectivity index (χ1) is 15.0. The smallest absolute Gasteiger partial charge is 0.329 e. The Morgan fingerprint density at radius 2 is 1.71 bits per heavy atom. The molecule has 1 fully saturated rings. The number of benzene rings is 2. The second-order valence-corrected chi connectivity index (χ2v) is 7.23. The van der Waals surface area contributed by atoms with Crippen molar-refractivity contribution >= 4 is 5.69 Å². The average Bonchev–Trinajstić information content (AvgIpc) is 3.63. The van der Waals surface area contributed by atoms with Gasteiger partial charge in [0.1, 0.15) is 23.9 Å². The minimum Gasteiger partial charge on any atom is -0.493 e. The molecule has 1 aliphatic rings. The normalized spacial score (nSPS) is 15.6. The summed E-state index contributed by atoms with van der Waals surface area (Å²) in [6.45, 7) is 1.31. The SMILES string of the molecule is COc1ccc(-c2cc(=Nc3ccc(OCC4CO4)cc3)n(C)c(=O)n2C)cc1OC. The van der Waals surface area contributed by atoms with Crippen LogP contribution in [0.5, 0.6) is 17.2 Å². The van der Waals surface area contributed by atoms with E-state index in [0.29, 0.717) is 29.3 Å². The van der Waals surface area contributed by atoms with Crippen molar-refractivity contribution in [2.45, 2.75) is 6.10 Å². The zero-order chi connectivity index (χ0) is 22.0. The van der Waals surface area contributed by atoms with Crippen molar-refractivity contribution < 1.29 is 18.9 Å². The maximum Gasteiger partial charge on any atom is 0.329 e. The zero-order valence-electron chi connectivity index (χ0n) is 18.0. The number of methoxy groups -OCH3 is 2. The number of hydrogen-bond acceptors (Lipinski definition) is 6. The lowest BCUT2D eigenvalue weighted by Crippen LogP contribution is -2.37. The number of nitrogens with zero attached hydrogens (tertiary/aromatic N) is 3. The van der Waals surface area contributed by atoms with Crippen LogP contribution in [0, 0.1) is 0 Å². The summed E-state index contributed by atoms with van der Waals surface area (Å²) >= 11 is 0. The molecule has 0 bridgehead atoms. The predicted molar refractivity (Wildman–Crippen MR) is 116 cm³/mol. The van der Waals surface area contributed by atoms with Crippen LogP contribution in [0.15, 0.2) is 58.3 Å². The van der Waals surface area contributed by atoms with Crippen LogP contribution in [0.25, 0.3) is 11.3 Å². The van der Waals surface area contributed by atoms with Gasteiger partial charge in [0, 0.05) is 25.7 Å². The number of hydrogen-bond donors (Lipinski definition) is 0. The van der Waals surface area contributed by atoms with E-state index in [1.165, 1.54) is 4.57 Å². The van der Waals surface area contributed by atoms with Crippen molar-refractivity contribution in [3.63, 3.8) is 0 Å². The standard InChI is InChI=1S/C23H25N3O5/c1-25-19(15-5-10-20(28-3)21(11-15)29-4)12-22(26(2)23(25)27)24-16-6-8-17(9-7-16)30-13-18-14-31-18/h5-12,18H,13-14H2,1-4H3. The Hall–Kier alpha value is -3.52. The molecule has 0 spiro atoms. The Morgan fingerprint density at radius 1 is 1.00 bits per heavy atom. The Balaban J connectivity index is 1.72. The van der Waals surface area contributed by atoms with Crippen molar-refractivity contribution in [1.82, 2.24) is 9.13 Å². The third-order valence-corrected chi connectivity index (χ3v) is 5.14. The molecule has 2 aromatic carbocycles. The first-order valence-electron chi connectivity index (χ1n) is 9.89. The van der Waals surface area contributed by atoms with Gasteiger partial charge in [-0.15, -0.1) is 0 Å². The molecule has 8 heteroatoms. The van der Waals surface area contributed by atoms with E-state index >= 15 is 0 Å². The molecule has 162 valence electrons. The molecule has 4 rings (SSSR count). The molecule has 0 radical (unpaired) electrons. The molecular formula is C23H25N3O5. The van der Waals surface area contributed by atoms with Gasteiger partial charge in [-0.05, 0) is 42.5 Å². The van der Waals surface area contributed by atoms with E-state index in [1.54, 1.807) is 32.9 Å². The lowest BCUT2D eigenvalue weighted by atomic mass is 10.1. The van der Waals surface area contributed by atoms with E-state index in [0.717, 1.165) is 23.6 Å². The number of ether oxygens (including phenoxy) is 4. The number of aromatic nitrogens is 2. The van der Waals surface area contributed by atoms with E-state index in [-0.39, 0.29) is 11.8 Å². The largest absolute Gasteiger partial charge is 0.493 e. The van der Waals surface area contributed by atoms with E-state index in [1.807, 2.05) is 48.5 Å². The fraction of sp³-hybridized carbons (Fsp3) is 0.304. The minimum atomic E-state index is -0.185. The quantitative estimate of drug-likeness (QED) is 0.546. The van der Waals surface area contributed by atoms with Gasteiger partial charge in [-0.2, -0.15) is 0 Å². The van der Waals surface area contributed by atoms with Crippen LogP contribution in [0.4, 0.5) is 5.69 Å². The van der Waals surface area contributed by atoms with Crippen LogP contribution in [-0.2, 0) is 18.8 Å². The molecule has 1 atom stereocenters. The maximum absolute atomic E-state index is 12.8. The highest BCUT2D eigenvalue weighted by Gasteiger charge is 2.22. The van der Waals surface area contributed by atoms with E-state index in [2.05, 4.69) is 4.99 Å². The van der Waals surface area contributed by atoms with Gasteiger partial charge in [-0.1, -0.05) is 0 Å². The minimum absolute atomic E-state index is 0.185. The van der Waals surface area contributed by atoms with Crippen LogP contribution in [0.1, 0.15) is 0 Å². The molecule has 1 aliphatic heterocycles. The van der Waals surface area contributed by atoms with Gasteiger partial charge in [-0.25, -0.2) is 9.79 Å². The fourth-order valence-corrected chi connectivity index (χ4v) is 3.22. The molecule has 31 heavy (non-hydrogen) atoms. The molecule has 3 aromatic rings. The summed E-state index contributed by atoms with van der Waals surface area (Å²) in [7, 11) is 6.60. The van der Waals surface area contributed by atoms with Gasteiger partial charge in [0.05, 0.1) is 32.2 Å². The second kappa shape index (κ2) is 8.69. The lowest BCUT2D eigenvalue weighted by Gasteiger charge is -2.13. The number of epoxide rings is 1. The van der Waals surface area contributed by atoms with Crippen LogP contribution in [-0.4, -0.2) is 42.7 Å². The summed E-state index contributed by atoms with van der Waals surface area (Å²) in [6, 6.07) is 14.8. The molecule has 8 nitrogen and oxygen atoms in total. The summed E-state index contributed by atoms with van der Waals surface area (Å²) in [6.07, 6.45) is 0.207. The third kappa shape index (κ3) is 4.49. The van der Waals surface area contributed by atoms with Crippen molar-refractivity contribution in [1.29, 1.82) is 0 Å². The van der Waals surface area contributed by atoms with Gasteiger partial charge < -0.3 is 18.9 Å². The fourth-order valence-electron chi connectivity index (χ4n) is 3.22. The Morgan fingerprint density at radius 3 is 2.35 bits per heavy atom. The Kier molecular flexibility index (Phi) is 5.81. The van der Waals surface area contributed by atoms with Gasteiger partial charge in [0.25, 0.3) is 0 Å². The third-order valence-electron chi connectivity index (χ3n) is 5.14.